The molecule has 0 spiro atoms. The molecule has 0 amide bonds. The van der Waals surface area contributed by atoms with Crippen LogP contribution < -0.4 is 10.6 Å². The number of benzene rings is 1. The van der Waals surface area contributed by atoms with Gasteiger partial charge in [0.05, 0.1) is 12.8 Å². The van der Waals surface area contributed by atoms with Crippen molar-refractivity contribution < 1.29 is 4.42 Å². The SMILES string of the molecule is NCc1coc(CN2CCN(c3cccc(Cl)c3)CC2)c1. The number of piperazine rings is 1. The number of anilines is 1. The van der Waals surface area contributed by atoms with E-state index in [0.717, 1.165) is 49.1 Å². The molecule has 2 heterocycles. The molecule has 3 rings (SSSR count). The molecule has 1 aromatic carbocycles. The van der Waals surface area contributed by atoms with Crippen LogP contribution in [0.4, 0.5) is 5.69 Å². The topological polar surface area (TPSA) is 45.6 Å². The number of halogens is 1. The molecule has 2 N–H and O–H groups in total. The van der Waals surface area contributed by atoms with Crippen LogP contribution >= 0.6 is 11.6 Å². The Hall–Kier alpha value is -1.49. The molecular weight excluding hydrogens is 286 g/mol. The van der Waals surface area contributed by atoms with Crippen molar-refractivity contribution >= 4 is 17.3 Å². The molecule has 21 heavy (non-hydrogen) atoms. The zero-order valence-electron chi connectivity index (χ0n) is 12.0. The molecule has 0 atom stereocenters. The lowest BCUT2D eigenvalue weighted by molar-refractivity contribution is 0.230. The fraction of sp³-hybridized carbons (Fsp3) is 0.375. The Morgan fingerprint density at radius 1 is 1.14 bits per heavy atom. The van der Waals surface area contributed by atoms with Gasteiger partial charge in [-0.3, -0.25) is 4.90 Å². The molecule has 5 heteroatoms. The summed E-state index contributed by atoms with van der Waals surface area (Å²) in [4.78, 5) is 4.77. The second-order valence-electron chi connectivity index (χ2n) is 5.37. The van der Waals surface area contributed by atoms with Gasteiger partial charge < -0.3 is 15.1 Å². The van der Waals surface area contributed by atoms with Crippen molar-refractivity contribution in [3.63, 3.8) is 0 Å². The number of hydrogen-bond acceptors (Lipinski definition) is 4. The smallest absolute Gasteiger partial charge is 0.118 e. The summed E-state index contributed by atoms with van der Waals surface area (Å²) in [5, 5.41) is 0.792. The molecule has 112 valence electrons. The van der Waals surface area contributed by atoms with Crippen LogP contribution in [0, 0.1) is 0 Å². The fourth-order valence-electron chi connectivity index (χ4n) is 2.67. The normalized spacial score (nSPS) is 16.4. The van der Waals surface area contributed by atoms with E-state index in [1.807, 2.05) is 24.3 Å². The zero-order valence-corrected chi connectivity index (χ0v) is 12.7. The summed E-state index contributed by atoms with van der Waals surface area (Å²) in [5.74, 6) is 0.992. The molecule has 1 fully saturated rings. The first-order chi connectivity index (χ1) is 10.2. The van der Waals surface area contributed by atoms with E-state index in [2.05, 4.69) is 15.9 Å². The maximum absolute atomic E-state index is 6.06. The number of nitrogens with zero attached hydrogens (tertiary/aromatic N) is 2. The van der Waals surface area contributed by atoms with E-state index < -0.39 is 0 Å². The van der Waals surface area contributed by atoms with Crippen molar-refractivity contribution in [2.45, 2.75) is 13.1 Å². The summed E-state index contributed by atoms with van der Waals surface area (Å²) in [6, 6.07) is 10.1. The van der Waals surface area contributed by atoms with Gasteiger partial charge in [0.15, 0.2) is 0 Å². The molecule has 1 aliphatic rings. The van der Waals surface area contributed by atoms with Gasteiger partial charge in [0, 0.05) is 49.0 Å². The van der Waals surface area contributed by atoms with E-state index in [4.69, 9.17) is 21.8 Å². The molecule has 0 unspecified atom stereocenters. The van der Waals surface area contributed by atoms with Gasteiger partial charge in [-0.2, -0.15) is 0 Å². The van der Waals surface area contributed by atoms with Crippen molar-refractivity contribution in [2.75, 3.05) is 31.1 Å². The quantitative estimate of drug-likeness (QED) is 0.943. The summed E-state index contributed by atoms with van der Waals surface area (Å²) < 4.78 is 5.53. The molecule has 0 bridgehead atoms. The first-order valence-corrected chi connectivity index (χ1v) is 7.61. The van der Waals surface area contributed by atoms with Gasteiger partial charge in [0.25, 0.3) is 0 Å². The Bertz CT molecular complexity index is 591. The van der Waals surface area contributed by atoms with Gasteiger partial charge in [-0.15, -0.1) is 0 Å². The summed E-state index contributed by atoms with van der Waals surface area (Å²) in [6.45, 7) is 5.43. The van der Waals surface area contributed by atoms with E-state index >= 15 is 0 Å². The van der Waals surface area contributed by atoms with Crippen molar-refractivity contribution in [1.29, 1.82) is 0 Å². The van der Waals surface area contributed by atoms with E-state index in [-0.39, 0.29) is 0 Å². The van der Waals surface area contributed by atoms with Gasteiger partial charge in [-0.05, 0) is 24.3 Å². The maximum Gasteiger partial charge on any atom is 0.118 e. The van der Waals surface area contributed by atoms with Gasteiger partial charge >= 0.3 is 0 Å². The third-order valence-corrected chi connectivity index (χ3v) is 4.10. The van der Waals surface area contributed by atoms with Crippen LogP contribution in [0.2, 0.25) is 5.02 Å². The second kappa shape index (κ2) is 6.52. The first-order valence-electron chi connectivity index (χ1n) is 7.24. The second-order valence-corrected chi connectivity index (χ2v) is 5.80. The van der Waals surface area contributed by atoms with Crippen LogP contribution in [0.25, 0.3) is 0 Å². The molecule has 1 aliphatic heterocycles. The van der Waals surface area contributed by atoms with Crippen molar-refractivity contribution in [3.05, 3.63) is 52.9 Å². The van der Waals surface area contributed by atoms with Crippen LogP contribution in [-0.2, 0) is 13.1 Å². The van der Waals surface area contributed by atoms with Crippen molar-refractivity contribution in [3.8, 4) is 0 Å². The average molecular weight is 306 g/mol. The fourth-order valence-corrected chi connectivity index (χ4v) is 2.86. The zero-order chi connectivity index (χ0) is 14.7. The highest BCUT2D eigenvalue weighted by Crippen LogP contribution is 2.21. The molecular formula is C16H20ClN3O. The lowest BCUT2D eigenvalue weighted by Crippen LogP contribution is -2.45. The number of nitrogens with two attached hydrogens (primary N) is 1. The minimum atomic E-state index is 0.534. The van der Waals surface area contributed by atoms with Crippen LogP contribution in [-0.4, -0.2) is 31.1 Å². The largest absolute Gasteiger partial charge is 0.468 e. The van der Waals surface area contributed by atoms with Gasteiger partial charge in [0.1, 0.15) is 5.76 Å². The van der Waals surface area contributed by atoms with E-state index in [1.54, 1.807) is 6.26 Å². The van der Waals surface area contributed by atoms with Gasteiger partial charge in [-0.25, -0.2) is 0 Å². The molecule has 4 nitrogen and oxygen atoms in total. The minimum absolute atomic E-state index is 0.534. The van der Waals surface area contributed by atoms with Gasteiger partial charge in [0.2, 0.25) is 0 Å². The summed E-state index contributed by atoms with van der Waals surface area (Å²) in [5.41, 5.74) is 7.86. The monoisotopic (exact) mass is 305 g/mol. The Morgan fingerprint density at radius 3 is 2.62 bits per heavy atom. The van der Waals surface area contributed by atoms with Crippen LogP contribution in [0.15, 0.2) is 41.0 Å². The lowest BCUT2D eigenvalue weighted by atomic mass is 10.2. The molecule has 0 saturated carbocycles. The standard InChI is InChI=1S/C16H20ClN3O/c17-14-2-1-3-15(9-14)20-6-4-19(5-7-20)11-16-8-13(10-18)12-21-16/h1-3,8-9,12H,4-7,10-11,18H2. The predicted molar refractivity (Wildman–Crippen MR) is 85.5 cm³/mol. The number of rotatable bonds is 4. The van der Waals surface area contributed by atoms with E-state index in [9.17, 15) is 0 Å². The Morgan fingerprint density at radius 2 is 1.95 bits per heavy atom. The molecule has 0 aliphatic carbocycles. The summed E-state index contributed by atoms with van der Waals surface area (Å²) in [7, 11) is 0. The van der Waals surface area contributed by atoms with E-state index in [0.29, 0.717) is 6.54 Å². The Balaban J connectivity index is 1.55. The predicted octanol–water partition coefficient (Wildman–Crippen LogP) is 2.71. The highest BCUT2D eigenvalue weighted by Gasteiger charge is 2.18. The average Bonchev–Trinajstić information content (AvgIpc) is 2.96. The molecule has 2 aromatic rings. The van der Waals surface area contributed by atoms with E-state index in [1.165, 1.54) is 5.69 Å². The summed E-state index contributed by atoms with van der Waals surface area (Å²) in [6.07, 6.45) is 1.75. The highest BCUT2D eigenvalue weighted by atomic mass is 35.5. The number of furan rings is 1. The van der Waals surface area contributed by atoms with Crippen LogP contribution in [0.3, 0.4) is 0 Å². The lowest BCUT2D eigenvalue weighted by Gasteiger charge is -2.35. The third kappa shape index (κ3) is 3.59. The molecule has 1 saturated heterocycles. The number of hydrogen-bond donors (Lipinski definition) is 1. The Labute approximate surface area is 130 Å². The van der Waals surface area contributed by atoms with Crippen molar-refractivity contribution in [2.24, 2.45) is 5.73 Å². The molecule has 1 aromatic heterocycles. The molecule has 0 radical (unpaired) electrons. The van der Waals surface area contributed by atoms with Gasteiger partial charge in [-0.1, -0.05) is 17.7 Å². The first kappa shape index (κ1) is 14.4. The third-order valence-electron chi connectivity index (χ3n) is 3.87. The highest BCUT2D eigenvalue weighted by molar-refractivity contribution is 6.30. The summed E-state index contributed by atoms with van der Waals surface area (Å²) >= 11 is 6.06. The minimum Gasteiger partial charge on any atom is -0.468 e. The van der Waals surface area contributed by atoms with Crippen molar-refractivity contribution in [1.82, 2.24) is 4.90 Å². The Kier molecular flexibility index (Phi) is 4.48. The maximum atomic E-state index is 6.06. The van der Waals surface area contributed by atoms with Crippen LogP contribution in [0.5, 0.6) is 0 Å². The van der Waals surface area contributed by atoms with Crippen LogP contribution in [0.1, 0.15) is 11.3 Å².